The second-order valence-electron chi connectivity index (χ2n) is 7.19. The minimum atomic E-state index is -1.42. The first kappa shape index (κ1) is 35.7. The maximum atomic E-state index is 11.3. The number of aromatic carboxylic acids is 2. The van der Waals surface area contributed by atoms with Crippen molar-refractivity contribution in [1.82, 2.24) is 19.9 Å². The molecule has 0 amide bonds. The number of rotatable bonds is 9. The van der Waals surface area contributed by atoms with E-state index in [2.05, 4.69) is 44.4 Å². The average molecular weight is 702 g/mol. The first-order chi connectivity index (χ1) is 20.2. The molecule has 4 aromatic heterocycles. The quantitative estimate of drug-likeness (QED) is 0.104. The topological polar surface area (TPSA) is 229 Å². The molecule has 43 heavy (non-hydrogen) atoms. The number of hydrogen-bond acceptors (Lipinski definition) is 14. The summed E-state index contributed by atoms with van der Waals surface area (Å²) in [5, 5.41) is 39.4. The molecule has 4 aromatic rings. The summed E-state index contributed by atoms with van der Waals surface area (Å²) in [7, 11) is 0. The summed E-state index contributed by atoms with van der Waals surface area (Å²) in [5.74, 6) is -2.77. The number of carboxylic acids is 2. The average Bonchev–Trinajstić information content (AvgIpc) is 2.98. The van der Waals surface area contributed by atoms with Crippen LogP contribution in [0, 0.1) is 0 Å². The fourth-order valence-electron chi connectivity index (χ4n) is 3.18. The number of carboxylic acid groups (broad SMARTS) is 2. The molecule has 0 fully saturated rings. The van der Waals surface area contributed by atoms with Gasteiger partial charge >= 0.3 is 19.5 Å². The number of nitrogens with zero attached hydrogens (tertiary/aromatic N) is 6. The molecule has 4 rings (SSSR count). The van der Waals surface area contributed by atoms with Crippen LogP contribution in [-0.2, 0) is 29.1 Å². The van der Waals surface area contributed by atoms with Gasteiger partial charge in [-0.25, -0.2) is 9.97 Å². The van der Waals surface area contributed by atoms with E-state index in [1.54, 1.807) is 0 Å². The van der Waals surface area contributed by atoms with Crippen molar-refractivity contribution in [2.75, 3.05) is 0 Å². The van der Waals surface area contributed by atoms with Crippen molar-refractivity contribution in [3.8, 4) is 45.7 Å². The molecule has 0 aliphatic rings. The molecular weight excluding hydrogens is 690 g/mol. The van der Waals surface area contributed by atoms with Gasteiger partial charge in [0.1, 0.15) is 11.5 Å². The molecule has 14 nitrogen and oxygen atoms in total. The van der Waals surface area contributed by atoms with Gasteiger partial charge in [0, 0.05) is 47.8 Å². The van der Waals surface area contributed by atoms with Crippen molar-refractivity contribution >= 4 is 59.6 Å². The van der Waals surface area contributed by atoms with E-state index >= 15 is 0 Å². The van der Waals surface area contributed by atoms with Gasteiger partial charge in [-0.05, 0) is 24.3 Å². The number of carbonyl (C=O) groups excluding carboxylic acids is 4. The smallest absolute Gasteiger partial charge is 0.753 e. The molecule has 0 atom stereocenters. The first-order valence-corrected chi connectivity index (χ1v) is 11.7. The van der Waals surface area contributed by atoms with Crippen LogP contribution in [0.1, 0.15) is 20.7 Å². The summed E-state index contributed by atoms with van der Waals surface area (Å²) in [6.45, 7) is 0.377. The van der Waals surface area contributed by atoms with E-state index in [-0.39, 0.29) is 89.2 Å². The summed E-state index contributed by atoms with van der Waals surface area (Å²) in [6.07, 6.45) is 2.50. The molecule has 17 heteroatoms. The maximum absolute atomic E-state index is 11.3. The fraction of sp³-hybridized carbons (Fsp3) is 0. The summed E-state index contributed by atoms with van der Waals surface area (Å²) in [5.41, 5.74) is 0.495. The van der Waals surface area contributed by atoms with E-state index in [9.17, 15) is 29.4 Å². The van der Waals surface area contributed by atoms with Gasteiger partial charge in [-0.1, -0.05) is 24.4 Å². The Balaban J connectivity index is 0.00000122. The second-order valence-corrected chi connectivity index (χ2v) is 7.56. The number of aromatic nitrogens is 4. The molecule has 0 bridgehead atoms. The Bertz CT molecular complexity index is 1590. The van der Waals surface area contributed by atoms with Crippen LogP contribution in [0.2, 0.25) is 0 Å². The monoisotopic (exact) mass is 702 g/mol. The SMILES string of the molecule is O=COc1cc(-c2cc(C(=O)[O-])ccn2)nc(-c2cc(OC=O)cc(-c3cc(C(=O)[O-])ccn3)n2)c1.[N-]=C=S.[N-]=C=S.[Ru+2]. The van der Waals surface area contributed by atoms with Crippen molar-refractivity contribution in [3.63, 3.8) is 0 Å². The van der Waals surface area contributed by atoms with E-state index in [0.717, 1.165) is 0 Å². The molecule has 0 aliphatic heterocycles. The number of carbonyl (C=O) groups is 4. The van der Waals surface area contributed by atoms with E-state index in [0.29, 0.717) is 0 Å². The van der Waals surface area contributed by atoms with Gasteiger partial charge in [-0.2, -0.15) is 10.3 Å². The number of isothiocyanates is 2. The Morgan fingerprint density at radius 3 is 1.26 bits per heavy atom. The van der Waals surface area contributed by atoms with Crippen molar-refractivity contribution in [1.29, 1.82) is 0 Å². The van der Waals surface area contributed by atoms with Crippen LogP contribution in [0.15, 0.2) is 60.9 Å². The Kier molecular flexibility index (Phi) is 15.1. The molecule has 0 saturated carbocycles. The third-order valence-electron chi connectivity index (χ3n) is 4.74. The molecule has 0 aliphatic carbocycles. The van der Waals surface area contributed by atoms with Gasteiger partial charge < -0.3 is 40.1 Å². The van der Waals surface area contributed by atoms with E-state index in [4.69, 9.17) is 20.3 Å². The zero-order valence-corrected chi connectivity index (χ0v) is 24.4. The second kappa shape index (κ2) is 18.2. The van der Waals surface area contributed by atoms with Crippen LogP contribution >= 0.6 is 24.4 Å². The molecule has 216 valence electrons. The Labute approximate surface area is 265 Å². The van der Waals surface area contributed by atoms with E-state index in [1.807, 2.05) is 0 Å². The minimum absolute atomic E-state index is 0. The van der Waals surface area contributed by atoms with E-state index in [1.165, 1.54) is 71.2 Å². The minimum Gasteiger partial charge on any atom is -0.753 e. The van der Waals surface area contributed by atoms with Crippen LogP contribution in [0.3, 0.4) is 0 Å². The van der Waals surface area contributed by atoms with Crippen LogP contribution in [0.25, 0.3) is 45.0 Å². The van der Waals surface area contributed by atoms with Crippen molar-refractivity contribution < 1.29 is 58.3 Å². The number of ether oxygens (including phenoxy) is 2. The summed E-state index contributed by atoms with van der Waals surface area (Å²) < 4.78 is 9.93. The van der Waals surface area contributed by atoms with Crippen molar-refractivity contribution in [2.24, 2.45) is 0 Å². The standard InChI is InChI=1S/C24H14N4O8.2CNS.Ru/c29-11-35-15-7-19(17-5-13(23(31)32)1-3-25-17)27-21(9-15)22-10-16(36-12-30)8-20(28-22)18-6-14(24(33)34)2-4-26-18;2*2-1-3;/h1-12H,(H,31,32)(H,33,34);;;/q;2*-1;+2/p-2. The van der Waals surface area contributed by atoms with Gasteiger partial charge in [-0.15, -0.1) is 0 Å². The Morgan fingerprint density at radius 1 is 0.674 bits per heavy atom. The normalized spacial score (nSPS) is 9.02. The van der Waals surface area contributed by atoms with Crippen LogP contribution in [0.4, 0.5) is 0 Å². The third-order valence-corrected chi connectivity index (χ3v) is 4.74. The zero-order chi connectivity index (χ0) is 31.1. The van der Waals surface area contributed by atoms with Gasteiger partial charge in [0.2, 0.25) is 0 Å². The number of thiocarbonyl (C=S) groups is 2. The predicted octanol–water partition coefficient (Wildman–Crippen LogP) is 1.38. The van der Waals surface area contributed by atoms with E-state index < -0.39 is 11.9 Å². The maximum Gasteiger partial charge on any atom is 2.00 e. The Hall–Kier alpha value is -5.30. The molecule has 0 radical (unpaired) electrons. The van der Waals surface area contributed by atoms with Gasteiger partial charge in [0.25, 0.3) is 12.9 Å². The third kappa shape index (κ3) is 10.6. The largest absolute Gasteiger partial charge is 2.00 e. The van der Waals surface area contributed by atoms with Crippen molar-refractivity contribution in [3.05, 3.63) is 82.9 Å². The molecule has 0 N–H and O–H groups in total. The molecular formula is C26H12N6O8RuS2-2. The summed E-state index contributed by atoms with van der Waals surface area (Å²) >= 11 is 7.40. The number of pyridine rings is 4. The molecule has 0 aromatic carbocycles. The van der Waals surface area contributed by atoms with Gasteiger partial charge in [0.05, 0.1) is 46.1 Å². The summed E-state index contributed by atoms with van der Waals surface area (Å²) in [4.78, 5) is 61.6. The van der Waals surface area contributed by atoms with Crippen LogP contribution in [0.5, 0.6) is 11.5 Å². The fourth-order valence-corrected chi connectivity index (χ4v) is 3.18. The summed E-state index contributed by atoms with van der Waals surface area (Å²) in [6, 6.07) is 10.4. The molecule has 0 saturated heterocycles. The van der Waals surface area contributed by atoms with Gasteiger partial charge in [0.15, 0.2) is 0 Å². The first-order valence-electron chi connectivity index (χ1n) is 10.8. The molecule has 4 heterocycles. The van der Waals surface area contributed by atoms with Crippen LogP contribution < -0.4 is 19.7 Å². The molecule has 0 spiro atoms. The van der Waals surface area contributed by atoms with Crippen LogP contribution in [-0.4, -0.2) is 55.1 Å². The zero-order valence-electron chi connectivity index (χ0n) is 21.0. The molecule has 0 unspecified atom stereocenters. The van der Waals surface area contributed by atoms with Gasteiger partial charge in [-0.3, -0.25) is 19.6 Å². The predicted molar refractivity (Wildman–Crippen MR) is 148 cm³/mol. The van der Waals surface area contributed by atoms with Crippen molar-refractivity contribution in [2.45, 2.75) is 0 Å². The Morgan fingerprint density at radius 2 is 0.977 bits per heavy atom. The number of hydrogen-bond donors (Lipinski definition) is 0.